The number of phenols is 1. The van der Waals surface area contributed by atoms with Crippen molar-refractivity contribution in [3.63, 3.8) is 0 Å². The van der Waals surface area contributed by atoms with E-state index in [2.05, 4.69) is 44.8 Å². The molecule has 1 amide bonds. The van der Waals surface area contributed by atoms with Gasteiger partial charge in [-0.3, -0.25) is 9.69 Å². The third-order valence-electron chi connectivity index (χ3n) is 9.77. The number of nitrogens with one attached hydrogen (secondary N) is 1. The standard InChI is InChI=1S/C33H50N2O5/c1-29(2,3)32(10,11)22-18-35-16-15-33(26-23(34-28(33)38)13-12-14-24(26)36)25(35)17-20(22)21(19-39-30(4,5)6)27(37)40-31(7,8)9/h12-14,19-20,22,25,36H,15-18H2,1-11H3,(H,34,38)/t20-,22+,25-,33-/m1/s1. The highest BCUT2D eigenvalue weighted by atomic mass is 16.6. The summed E-state index contributed by atoms with van der Waals surface area (Å²) in [5, 5.41) is 14.1. The minimum absolute atomic E-state index is 0.0559. The van der Waals surface area contributed by atoms with E-state index in [0.29, 0.717) is 29.7 Å². The number of ether oxygens (including phenoxy) is 2. The second kappa shape index (κ2) is 9.78. The molecule has 3 heterocycles. The number of phenolic OH excluding ortho intramolecular Hbond substituents is 1. The maximum absolute atomic E-state index is 13.9. The Morgan fingerprint density at radius 2 is 1.70 bits per heavy atom. The fourth-order valence-electron chi connectivity index (χ4n) is 6.82. The summed E-state index contributed by atoms with van der Waals surface area (Å²) in [5.74, 6) is -0.432. The Balaban J connectivity index is 1.87. The minimum Gasteiger partial charge on any atom is -0.508 e. The van der Waals surface area contributed by atoms with Crippen LogP contribution < -0.4 is 5.32 Å². The van der Waals surface area contributed by atoms with E-state index in [9.17, 15) is 14.7 Å². The molecule has 222 valence electrons. The van der Waals surface area contributed by atoms with Crippen molar-refractivity contribution in [1.29, 1.82) is 0 Å². The summed E-state index contributed by atoms with van der Waals surface area (Å²) in [5.41, 5.74) is -0.372. The fourth-order valence-corrected chi connectivity index (χ4v) is 6.82. The van der Waals surface area contributed by atoms with E-state index in [1.807, 2.05) is 47.6 Å². The van der Waals surface area contributed by atoms with Gasteiger partial charge in [-0.15, -0.1) is 0 Å². The summed E-state index contributed by atoms with van der Waals surface area (Å²) in [7, 11) is 0. The van der Waals surface area contributed by atoms with Gasteiger partial charge in [0.1, 0.15) is 11.4 Å². The van der Waals surface area contributed by atoms with Crippen molar-refractivity contribution < 1.29 is 24.2 Å². The molecular weight excluding hydrogens is 504 g/mol. The number of hydrogen-bond donors (Lipinski definition) is 2. The van der Waals surface area contributed by atoms with Gasteiger partial charge in [0, 0.05) is 29.8 Å². The molecule has 4 atom stereocenters. The first-order valence-electron chi connectivity index (χ1n) is 14.7. The highest BCUT2D eigenvalue weighted by Crippen LogP contribution is 2.59. The molecule has 3 aliphatic heterocycles. The minimum atomic E-state index is -0.875. The molecule has 40 heavy (non-hydrogen) atoms. The number of anilines is 1. The van der Waals surface area contributed by atoms with Crippen LogP contribution in [0.15, 0.2) is 30.0 Å². The maximum Gasteiger partial charge on any atom is 0.337 e. The quantitative estimate of drug-likeness (QED) is 0.254. The monoisotopic (exact) mass is 554 g/mol. The number of aromatic hydroxyl groups is 1. The molecule has 4 rings (SSSR count). The van der Waals surface area contributed by atoms with E-state index in [1.54, 1.807) is 18.4 Å². The number of fused-ring (bicyclic) bond motifs is 4. The third kappa shape index (κ3) is 5.26. The van der Waals surface area contributed by atoms with Crippen LogP contribution >= 0.6 is 0 Å². The van der Waals surface area contributed by atoms with Crippen LogP contribution in [0.4, 0.5) is 5.69 Å². The van der Waals surface area contributed by atoms with Crippen LogP contribution in [0.5, 0.6) is 5.75 Å². The average Bonchev–Trinajstić information content (AvgIpc) is 3.29. The first-order valence-corrected chi connectivity index (χ1v) is 14.7. The summed E-state index contributed by atoms with van der Waals surface area (Å²) in [4.78, 5) is 30.1. The molecule has 0 unspecified atom stereocenters. The molecule has 0 aliphatic carbocycles. The molecule has 0 radical (unpaired) electrons. The van der Waals surface area contributed by atoms with Crippen LogP contribution in [0, 0.1) is 22.7 Å². The van der Waals surface area contributed by atoms with Crippen molar-refractivity contribution in [2.45, 2.75) is 112 Å². The lowest BCUT2D eigenvalue weighted by Crippen LogP contribution is -2.58. The van der Waals surface area contributed by atoms with Crippen LogP contribution in [-0.4, -0.2) is 52.2 Å². The second-order valence-corrected chi connectivity index (χ2v) is 15.6. The zero-order valence-corrected chi connectivity index (χ0v) is 26.4. The van der Waals surface area contributed by atoms with Gasteiger partial charge in [0.15, 0.2) is 0 Å². The molecule has 2 saturated heterocycles. The first-order chi connectivity index (χ1) is 18.2. The number of benzene rings is 1. The van der Waals surface area contributed by atoms with Gasteiger partial charge in [-0.05, 0) is 89.8 Å². The van der Waals surface area contributed by atoms with E-state index >= 15 is 0 Å². The smallest absolute Gasteiger partial charge is 0.337 e. The molecule has 1 aromatic carbocycles. The van der Waals surface area contributed by atoms with Gasteiger partial charge in [0.05, 0.1) is 22.9 Å². The van der Waals surface area contributed by atoms with E-state index in [-0.39, 0.29) is 46.3 Å². The number of hydrogen-bond acceptors (Lipinski definition) is 6. The lowest BCUT2D eigenvalue weighted by atomic mass is 9.55. The Labute approximate surface area is 240 Å². The number of rotatable bonds is 4. The fraction of sp³-hybridized carbons (Fsp3) is 0.697. The highest BCUT2D eigenvalue weighted by molar-refractivity contribution is 6.08. The largest absolute Gasteiger partial charge is 0.508 e. The Bertz CT molecular complexity index is 1200. The highest BCUT2D eigenvalue weighted by Gasteiger charge is 2.63. The SMILES string of the molecule is CC(C)(C)OC=C(C(=O)OC(C)(C)C)[C@H]1C[C@H]2N(CC[C@@]23C(=O)Nc2cccc(O)c23)C[C@@H]1C(C)(C)C(C)(C)C. The van der Waals surface area contributed by atoms with Crippen LogP contribution in [0.1, 0.15) is 94.6 Å². The van der Waals surface area contributed by atoms with Gasteiger partial charge < -0.3 is 19.9 Å². The molecule has 7 heteroatoms. The average molecular weight is 555 g/mol. The van der Waals surface area contributed by atoms with E-state index in [1.165, 1.54) is 0 Å². The maximum atomic E-state index is 13.9. The number of carbonyl (C=O) groups is 2. The van der Waals surface area contributed by atoms with Crippen LogP contribution in [0.25, 0.3) is 0 Å². The lowest BCUT2D eigenvalue weighted by molar-refractivity contribution is -0.152. The van der Waals surface area contributed by atoms with Crippen molar-refractivity contribution in [1.82, 2.24) is 4.90 Å². The van der Waals surface area contributed by atoms with Crippen molar-refractivity contribution in [3.05, 3.63) is 35.6 Å². The molecule has 3 aliphatic rings. The normalized spacial score (nSPS) is 27.8. The van der Waals surface area contributed by atoms with Crippen LogP contribution in [0.3, 0.4) is 0 Å². The summed E-state index contributed by atoms with van der Waals surface area (Å²) < 4.78 is 12.1. The topological polar surface area (TPSA) is 88.1 Å². The van der Waals surface area contributed by atoms with Gasteiger partial charge in [-0.2, -0.15) is 0 Å². The van der Waals surface area contributed by atoms with Crippen molar-refractivity contribution >= 4 is 17.6 Å². The molecule has 0 aromatic heterocycles. The molecule has 1 spiro atoms. The molecular formula is C33H50N2O5. The predicted molar refractivity (Wildman–Crippen MR) is 158 cm³/mol. The summed E-state index contributed by atoms with van der Waals surface area (Å²) in [6.07, 6.45) is 2.82. The third-order valence-corrected chi connectivity index (χ3v) is 9.77. The number of carbonyl (C=O) groups excluding carboxylic acids is 2. The van der Waals surface area contributed by atoms with Crippen molar-refractivity contribution in [3.8, 4) is 5.75 Å². The van der Waals surface area contributed by atoms with Gasteiger partial charge in [0.2, 0.25) is 5.91 Å². The predicted octanol–water partition coefficient (Wildman–Crippen LogP) is 6.41. The number of esters is 1. The van der Waals surface area contributed by atoms with Crippen LogP contribution in [0.2, 0.25) is 0 Å². The van der Waals surface area contributed by atoms with E-state index in [0.717, 1.165) is 13.1 Å². The Hall–Kier alpha value is -2.54. The van der Waals surface area contributed by atoms with Crippen molar-refractivity contribution in [2.24, 2.45) is 22.7 Å². The van der Waals surface area contributed by atoms with Gasteiger partial charge in [-0.1, -0.05) is 40.7 Å². The summed E-state index contributed by atoms with van der Waals surface area (Å²) >= 11 is 0. The lowest BCUT2D eigenvalue weighted by Gasteiger charge is -2.54. The summed E-state index contributed by atoms with van der Waals surface area (Å²) in [6, 6.07) is 5.11. The first kappa shape index (κ1) is 30.4. The Kier molecular flexibility index (Phi) is 7.44. The molecule has 2 N–H and O–H groups in total. The van der Waals surface area contributed by atoms with Gasteiger partial charge in [-0.25, -0.2) is 4.79 Å². The molecule has 0 bridgehead atoms. The van der Waals surface area contributed by atoms with E-state index < -0.39 is 16.6 Å². The zero-order valence-electron chi connectivity index (χ0n) is 26.4. The molecule has 2 fully saturated rings. The zero-order chi connectivity index (χ0) is 30.1. The van der Waals surface area contributed by atoms with Crippen LogP contribution in [-0.2, 0) is 24.5 Å². The molecule has 1 aromatic rings. The van der Waals surface area contributed by atoms with Gasteiger partial charge >= 0.3 is 5.97 Å². The Morgan fingerprint density at radius 1 is 1.05 bits per heavy atom. The molecule has 0 saturated carbocycles. The summed E-state index contributed by atoms with van der Waals surface area (Å²) in [6.45, 7) is 24.3. The number of nitrogens with zero attached hydrogens (tertiary/aromatic N) is 1. The Morgan fingerprint density at radius 3 is 2.27 bits per heavy atom. The van der Waals surface area contributed by atoms with E-state index in [4.69, 9.17) is 9.47 Å². The van der Waals surface area contributed by atoms with Gasteiger partial charge in [0.25, 0.3) is 0 Å². The number of amides is 1. The van der Waals surface area contributed by atoms with Crippen molar-refractivity contribution in [2.75, 3.05) is 18.4 Å². The second-order valence-electron chi connectivity index (χ2n) is 15.6. The number of piperidine rings is 1. The molecule has 7 nitrogen and oxygen atoms in total.